The third-order valence-electron chi connectivity index (χ3n) is 3.33. The standard InChI is InChI=1S/C14H26N4/c1-6-11-12(15-8-3)17-10-18-13(11)16-9-14(4,5)7-2/h10H,6-9H2,1-5H3,(H2,15,16,17,18). The van der Waals surface area contributed by atoms with Crippen molar-refractivity contribution < 1.29 is 0 Å². The Morgan fingerprint density at radius 3 is 2.17 bits per heavy atom. The van der Waals surface area contributed by atoms with E-state index in [9.17, 15) is 0 Å². The summed E-state index contributed by atoms with van der Waals surface area (Å²) >= 11 is 0. The van der Waals surface area contributed by atoms with E-state index in [0.717, 1.165) is 37.6 Å². The fourth-order valence-electron chi connectivity index (χ4n) is 1.67. The Balaban J connectivity index is 2.85. The summed E-state index contributed by atoms with van der Waals surface area (Å²) in [6, 6.07) is 0. The van der Waals surface area contributed by atoms with Gasteiger partial charge in [0.15, 0.2) is 0 Å². The van der Waals surface area contributed by atoms with Crippen LogP contribution in [0, 0.1) is 5.41 Å². The summed E-state index contributed by atoms with van der Waals surface area (Å²) in [5, 5.41) is 6.75. The Bertz CT molecular complexity index is 374. The summed E-state index contributed by atoms with van der Waals surface area (Å²) in [6.45, 7) is 12.8. The molecule has 4 nitrogen and oxygen atoms in total. The van der Waals surface area contributed by atoms with Crippen molar-refractivity contribution in [3.05, 3.63) is 11.9 Å². The van der Waals surface area contributed by atoms with Gasteiger partial charge in [-0.05, 0) is 25.2 Å². The van der Waals surface area contributed by atoms with Crippen molar-refractivity contribution in [3.63, 3.8) is 0 Å². The summed E-state index contributed by atoms with van der Waals surface area (Å²) in [4.78, 5) is 8.67. The molecule has 0 unspecified atom stereocenters. The molecule has 1 heterocycles. The van der Waals surface area contributed by atoms with Gasteiger partial charge in [-0.1, -0.05) is 27.7 Å². The molecule has 0 fully saturated rings. The Hall–Kier alpha value is -1.32. The van der Waals surface area contributed by atoms with Crippen LogP contribution in [0.4, 0.5) is 11.6 Å². The summed E-state index contributed by atoms with van der Waals surface area (Å²) in [5.41, 5.74) is 1.46. The highest BCUT2D eigenvalue weighted by Gasteiger charge is 2.16. The summed E-state index contributed by atoms with van der Waals surface area (Å²) in [7, 11) is 0. The van der Waals surface area contributed by atoms with Crippen LogP contribution < -0.4 is 10.6 Å². The first-order valence-corrected chi connectivity index (χ1v) is 6.85. The van der Waals surface area contributed by atoms with E-state index in [2.05, 4.69) is 55.2 Å². The van der Waals surface area contributed by atoms with Crippen molar-refractivity contribution in [2.24, 2.45) is 5.41 Å². The Morgan fingerprint density at radius 2 is 1.67 bits per heavy atom. The molecule has 4 heteroatoms. The largest absolute Gasteiger partial charge is 0.370 e. The SMILES string of the molecule is CCNc1ncnc(NCC(C)(C)CC)c1CC. The predicted molar refractivity (Wildman–Crippen MR) is 78.1 cm³/mol. The van der Waals surface area contributed by atoms with Crippen LogP contribution in [0.3, 0.4) is 0 Å². The van der Waals surface area contributed by atoms with Crippen LogP contribution in [0.5, 0.6) is 0 Å². The number of nitrogens with zero attached hydrogens (tertiary/aromatic N) is 2. The molecule has 18 heavy (non-hydrogen) atoms. The monoisotopic (exact) mass is 250 g/mol. The Morgan fingerprint density at radius 1 is 1.06 bits per heavy atom. The van der Waals surface area contributed by atoms with E-state index >= 15 is 0 Å². The van der Waals surface area contributed by atoms with Gasteiger partial charge in [-0.2, -0.15) is 0 Å². The van der Waals surface area contributed by atoms with Crippen molar-refractivity contribution >= 4 is 11.6 Å². The minimum Gasteiger partial charge on any atom is -0.370 e. The lowest BCUT2D eigenvalue weighted by Gasteiger charge is -2.24. The van der Waals surface area contributed by atoms with Crippen LogP contribution in [0.2, 0.25) is 0 Å². The second kappa shape index (κ2) is 6.57. The molecule has 0 saturated heterocycles. The first-order valence-electron chi connectivity index (χ1n) is 6.85. The number of rotatable bonds is 7. The van der Waals surface area contributed by atoms with E-state index in [1.54, 1.807) is 6.33 Å². The number of nitrogens with one attached hydrogen (secondary N) is 2. The highest BCUT2D eigenvalue weighted by atomic mass is 15.1. The summed E-state index contributed by atoms with van der Waals surface area (Å²) in [5.74, 6) is 1.91. The van der Waals surface area contributed by atoms with Gasteiger partial charge in [-0.25, -0.2) is 9.97 Å². The van der Waals surface area contributed by atoms with Gasteiger partial charge in [-0.15, -0.1) is 0 Å². The molecule has 102 valence electrons. The molecular weight excluding hydrogens is 224 g/mol. The van der Waals surface area contributed by atoms with Gasteiger partial charge in [0.05, 0.1) is 0 Å². The number of aromatic nitrogens is 2. The maximum absolute atomic E-state index is 4.37. The van der Waals surface area contributed by atoms with E-state index in [0.29, 0.717) is 0 Å². The minimum atomic E-state index is 0.286. The van der Waals surface area contributed by atoms with Gasteiger partial charge in [0.25, 0.3) is 0 Å². The number of anilines is 2. The summed E-state index contributed by atoms with van der Waals surface area (Å²) in [6.07, 6.45) is 3.70. The average Bonchev–Trinajstić information content (AvgIpc) is 2.37. The second-order valence-corrected chi connectivity index (χ2v) is 5.30. The Labute approximate surface area is 111 Å². The van der Waals surface area contributed by atoms with E-state index in [4.69, 9.17) is 0 Å². The molecule has 0 amide bonds. The predicted octanol–water partition coefficient (Wildman–Crippen LogP) is 3.32. The fourth-order valence-corrected chi connectivity index (χ4v) is 1.67. The molecule has 0 spiro atoms. The van der Waals surface area contributed by atoms with Crippen molar-refractivity contribution in [1.29, 1.82) is 0 Å². The molecule has 0 saturated carbocycles. The van der Waals surface area contributed by atoms with Gasteiger partial charge >= 0.3 is 0 Å². The maximum atomic E-state index is 4.37. The molecule has 0 aliphatic rings. The van der Waals surface area contributed by atoms with Gasteiger partial charge in [0.2, 0.25) is 0 Å². The van der Waals surface area contributed by atoms with Gasteiger partial charge in [-0.3, -0.25) is 0 Å². The van der Waals surface area contributed by atoms with Crippen LogP contribution in [0.1, 0.15) is 46.6 Å². The molecule has 0 atom stereocenters. The Kier molecular flexibility index (Phi) is 5.38. The van der Waals surface area contributed by atoms with Crippen molar-refractivity contribution in [2.75, 3.05) is 23.7 Å². The molecule has 0 aliphatic heterocycles. The third kappa shape index (κ3) is 3.86. The lowest BCUT2D eigenvalue weighted by atomic mass is 9.90. The van der Waals surface area contributed by atoms with E-state index in [1.165, 1.54) is 5.56 Å². The van der Waals surface area contributed by atoms with Crippen LogP contribution in [0.25, 0.3) is 0 Å². The average molecular weight is 250 g/mol. The molecule has 2 N–H and O–H groups in total. The maximum Gasteiger partial charge on any atom is 0.134 e. The first-order chi connectivity index (χ1) is 8.54. The minimum absolute atomic E-state index is 0.286. The lowest BCUT2D eigenvalue weighted by molar-refractivity contribution is 0.376. The zero-order valence-corrected chi connectivity index (χ0v) is 12.3. The number of hydrogen-bond donors (Lipinski definition) is 2. The molecule has 0 bridgehead atoms. The van der Waals surface area contributed by atoms with Crippen molar-refractivity contribution in [3.8, 4) is 0 Å². The van der Waals surface area contributed by atoms with Crippen LogP contribution >= 0.6 is 0 Å². The molecular formula is C14H26N4. The first kappa shape index (κ1) is 14.7. The molecule has 0 aromatic carbocycles. The van der Waals surface area contributed by atoms with E-state index in [-0.39, 0.29) is 5.41 Å². The van der Waals surface area contributed by atoms with E-state index < -0.39 is 0 Å². The molecule has 1 rings (SSSR count). The van der Waals surface area contributed by atoms with Crippen molar-refractivity contribution in [2.45, 2.75) is 47.5 Å². The van der Waals surface area contributed by atoms with Crippen LogP contribution in [-0.4, -0.2) is 23.1 Å². The normalized spacial score (nSPS) is 11.4. The molecule has 0 aliphatic carbocycles. The van der Waals surface area contributed by atoms with Gasteiger partial charge in [0.1, 0.15) is 18.0 Å². The van der Waals surface area contributed by atoms with Crippen LogP contribution in [-0.2, 0) is 6.42 Å². The van der Waals surface area contributed by atoms with E-state index in [1.807, 2.05) is 0 Å². The van der Waals surface area contributed by atoms with Gasteiger partial charge < -0.3 is 10.6 Å². The zero-order valence-electron chi connectivity index (χ0n) is 12.3. The van der Waals surface area contributed by atoms with Crippen molar-refractivity contribution in [1.82, 2.24) is 9.97 Å². The topological polar surface area (TPSA) is 49.8 Å². The van der Waals surface area contributed by atoms with Crippen LogP contribution in [0.15, 0.2) is 6.33 Å². The second-order valence-electron chi connectivity index (χ2n) is 5.30. The fraction of sp³-hybridized carbons (Fsp3) is 0.714. The number of hydrogen-bond acceptors (Lipinski definition) is 4. The smallest absolute Gasteiger partial charge is 0.134 e. The molecule has 1 aromatic rings. The molecule has 1 aromatic heterocycles. The quantitative estimate of drug-likeness (QED) is 0.779. The highest BCUT2D eigenvalue weighted by molar-refractivity contribution is 5.57. The summed E-state index contributed by atoms with van der Waals surface area (Å²) < 4.78 is 0. The highest BCUT2D eigenvalue weighted by Crippen LogP contribution is 2.24. The zero-order chi connectivity index (χ0) is 13.6. The lowest BCUT2D eigenvalue weighted by Crippen LogP contribution is -2.23. The third-order valence-corrected chi connectivity index (χ3v) is 3.33. The van der Waals surface area contributed by atoms with Gasteiger partial charge in [0, 0.05) is 18.7 Å². The molecule has 0 radical (unpaired) electrons.